The van der Waals surface area contributed by atoms with Gasteiger partial charge in [0.15, 0.2) is 10.3 Å². The second-order valence-electron chi connectivity index (χ2n) is 3.93. The second kappa shape index (κ2) is 5.36. The Morgan fingerprint density at radius 3 is 2.55 bits per heavy atom. The van der Waals surface area contributed by atoms with E-state index in [-0.39, 0.29) is 21.9 Å². The Morgan fingerprint density at radius 2 is 1.85 bits per heavy atom. The highest BCUT2D eigenvalue weighted by atomic mass is 35.5. The van der Waals surface area contributed by atoms with E-state index in [1.54, 1.807) is 0 Å². The number of aromatic nitrogens is 2. The van der Waals surface area contributed by atoms with Gasteiger partial charge in [-0.25, -0.2) is 9.97 Å². The van der Waals surface area contributed by atoms with Crippen molar-refractivity contribution in [2.45, 2.75) is 0 Å². The minimum atomic E-state index is -0.287. The fourth-order valence-corrected chi connectivity index (χ4v) is 3.08. The second-order valence-corrected chi connectivity index (χ2v) is 5.73. The predicted molar refractivity (Wildman–Crippen MR) is 81.8 cm³/mol. The topological polar surface area (TPSA) is 54.9 Å². The lowest BCUT2D eigenvalue weighted by Gasteiger charge is -2.05. The van der Waals surface area contributed by atoms with Crippen LogP contribution in [-0.4, -0.2) is 15.9 Å². The third-order valence-electron chi connectivity index (χ3n) is 2.64. The van der Waals surface area contributed by atoms with Crippen LogP contribution in [0.3, 0.4) is 0 Å². The zero-order valence-electron chi connectivity index (χ0n) is 9.93. The number of carbonyl (C=O) groups excluding carboxylic acids is 1. The first kappa shape index (κ1) is 13.3. The number of anilines is 1. The van der Waals surface area contributed by atoms with E-state index in [0.29, 0.717) is 4.88 Å². The van der Waals surface area contributed by atoms with Crippen LogP contribution in [0.25, 0.3) is 10.1 Å². The summed E-state index contributed by atoms with van der Waals surface area (Å²) in [6.45, 7) is 0. The van der Waals surface area contributed by atoms with Gasteiger partial charge in [-0.15, -0.1) is 11.3 Å². The summed E-state index contributed by atoms with van der Waals surface area (Å²) in [5, 5.41) is 3.88. The Kier molecular flexibility index (Phi) is 3.56. The standard InChI is InChI=1S/C13H7Cl2N3OS/c14-11-10(12(15)17-6-16-11)18-13(19)9-5-7-3-1-2-4-8(7)20-9/h1-6H,(H,18,19). The van der Waals surface area contributed by atoms with E-state index in [9.17, 15) is 4.79 Å². The Balaban J connectivity index is 1.93. The number of nitrogens with zero attached hydrogens (tertiary/aromatic N) is 2. The number of nitrogens with one attached hydrogen (secondary N) is 1. The molecule has 100 valence electrons. The van der Waals surface area contributed by atoms with Crippen molar-refractivity contribution < 1.29 is 4.79 Å². The third kappa shape index (κ3) is 2.47. The third-order valence-corrected chi connectivity index (χ3v) is 4.33. The Bertz CT molecular complexity index is 750. The van der Waals surface area contributed by atoms with Gasteiger partial charge in [0.1, 0.15) is 12.0 Å². The van der Waals surface area contributed by atoms with Gasteiger partial charge in [-0.1, -0.05) is 41.4 Å². The molecule has 20 heavy (non-hydrogen) atoms. The monoisotopic (exact) mass is 323 g/mol. The van der Waals surface area contributed by atoms with Crippen molar-refractivity contribution in [3.8, 4) is 0 Å². The molecule has 1 N–H and O–H groups in total. The van der Waals surface area contributed by atoms with E-state index in [1.165, 1.54) is 17.7 Å². The SMILES string of the molecule is O=C(Nc1c(Cl)ncnc1Cl)c1cc2ccccc2s1. The zero-order chi connectivity index (χ0) is 14.1. The highest BCUT2D eigenvalue weighted by Gasteiger charge is 2.15. The molecule has 2 heterocycles. The summed E-state index contributed by atoms with van der Waals surface area (Å²) < 4.78 is 1.04. The fraction of sp³-hybridized carbons (Fsp3) is 0. The molecule has 1 amide bonds. The molecule has 4 nitrogen and oxygen atoms in total. The van der Waals surface area contributed by atoms with Gasteiger partial charge in [-0.2, -0.15) is 0 Å². The smallest absolute Gasteiger partial charge is 0.265 e. The lowest BCUT2D eigenvalue weighted by atomic mass is 10.2. The van der Waals surface area contributed by atoms with Crippen LogP contribution in [0.4, 0.5) is 5.69 Å². The molecule has 0 saturated carbocycles. The number of fused-ring (bicyclic) bond motifs is 1. The maximum absolute atomic E-state index is 12.2. The first-order valence-electron chi connectivity index (χ1n) is 5.61. The molecule has 0 aliphatic carbocycles. The molecule has 0 aliphatic heterocycles. The van der Waals surface area contributed by atoms with Gasteiger partial charge in [0, 0.05) is 4.70 Å². The Morgan fingerprint density at radius 1 is 1.15 bits per heavy atom. The fourth-order valence-electron chi connectivity index (χ4n) is 1.72. The number of halogens is 2. The average molecular weight is 324 g/mol. The molecule has 0 atom stereocenters. The number of rotatable bonds is 2. The van der Waals surface area contributed by atoms with E-state index < -0.39 is 0 Å². The van der Waals surface area contributed by atoms with Gasteiger partial charge >= 0.3 is 0 Å². The van der Waals surface area contributed by atoms with Crippen LogP contribution in [-0.2, 0) is 0 Å². The summed E-state index contributed by atoms with van der Waals surface area (Å²) >= 11 is 13.2. The van der Waals surface area contributed by atoms with Crippen LogP contribution >= 0.6 is 34.5 Å². The molecular formula is C13H7Cl2N3OS. The van der Waals surface area contributed by atoms with Gasteiger partial charge in [-0.3, -0.25) is 4.79 Å². The minimum absolute atomic E-state index is 0.111. The summed E-state index contributed by atoms with van der Waals surface area (Å²) in [6, 6.07) is 9.59. The van der Waals surface area contributed by atoms with Crippen LogP contribution in [0.5, 0.6) is 0 Å². The van der Waals surface area contributed by atoms with Crippen LogP contribution < -0.4 is 5.32 Å². The number of benzene rings is 1. The van der Waals surface area contributed by atoms with Gasteiger partial charge < -0.3 is 5.32 Å². The van der Waals surface area contributed by atoms with Gasteiger partial charge in [-0.05, 0) is 17.5 Å². The number of hydrogen-bond acceptors (Lipinski definition) is 4. The first-order chi connectivity index (χ1) is 9.65. The maximum atomic E-state index is 12.2. The molecule has 0 radical (unpaired) electrons. The van der Waals surface area contributed by atoms with E-state index in [4.69, 9.17) is 23.2 Å². The van der Waals surface area contributed by atoms with Crippen LogP contribution in [0, 0.1) is 0 Å². The normalized spacial score (nSPS) is 10.7. The predicted octanol–water partition coefficient (Wildman–Crippen LogP) is 4.25. The quantitative estimate of drug-likeness (QED) is 0.717. The van der Waals surface area contributed by atoms with Crippen molar-refractivity contribution in [3.63, 3.8) is 0 Å². The molecule has 0 aliphatic rings. The van der Waals surface area contributed by atoms with Crippen molar-refractivity contribution in [2.75, 3.05) is 5.32 Å². The van der Waals surface area contributed by atoms with Crippen molar-refractivity contribution >= 4 is 56.2 Å². The summed E-state index contributed by atoms with van der Waals surface area (Å²) in [6.07, 6.45) is 1.24. The van der Waals surface area contributed by atoms with Crippen molar-refractivity contribution in [2.24, 2.45) is 0 Å². The first-order valence-corrected chi connectivity index (χ1v) is 7.18. The van der Waals surface area contributed by atoms with Crippen molar-refractivity contribution in [1.82, 2.24) is 9.97 Å². The van der Waals surface area contributed by atoms with Gasteiger partial charge in [0.25, 0.3) is 5.91 Å². The molecule has 3 aromatic rings. The summed E-state index contributed by atoms with van der Waals surface area (Å²) in [5.74, 6) is -0.287. The zero-order valence-corrected chi connectivity index (χ0v) is 12.3. The molecule has 0 fully saturated rings. The van der Waals surface area contributed by atoms with Crippen molar-refractivity contribution in [3.05, 3.63) is 51.8 Å². The van der Waals surface area contributed by atoms with Crippen LogP contribution in [0.2, 0.25) is 10.3 Å². The lowest BCUT2D eigenvalue weighted by molar-refractivity contribution is 0.103. The van der Waals surface area contributed by atoms with E-state index in [2.05, 4.69) is 15.3 Å². The number of amides is 1. The highest BCUT2D eigenvalue weighted by molar-refractivity contribution is 7.20. The van der Waals surface area contributed by atoms with E-state index >= 15 is 0 Å². The van der Waals surface area contributed by atoms with Gasteiger partial charge in [0.2, 0.25) is 0 Å². The molecule has 2 aromatic heterocycles. The molecule has 0 saturated heterocycles. The van der Waals surface area contributed by atoms with Crippen LogP contribution in [0.15, 0.2) is 36.7 Å². The molecule has 1 aromatic carbocycles. The summed E-state index contributed by atoms with van der Waals surface area (Å²) in [7, 11) is 0. The summed E-state index contributed by atoms with van der Waals surface area (Å²) in [4.78, 5) is 20.4. The van der Waals surface area contributed by atoms with Crippen LogP contribution in [0.1, 0.15) is 9.67 Å². The molecular weight excluding hydrogens is 317 g/mol. The average Bonchev–Trinajstić information content (AvgIpc) is 2.87. The Labute approximate surface area is 128 Å². The van der Waals surface area contributed by atoms with Crippen molar-refractivity contribution in [1.29, 1.82) is 0 Å². The maximum Gasteiger partial charge on any atom is 0.265 e. The molecule has 0 unspecified atom stereocenters. The van der Waals surface area contributed by atoms with Gasteiger partial charge in [0.05, 0.1) is 4.88 Å². The number of thiophene rings is 1. The Hall–Kier alpha value is -1.69. The highest BCUT2D eigenvalue weighted by Crippen LogP contribution is 2.29. The summed E-state index contributed by atoms with van der Waals surface area (Å²) in [5.41, 5.74) is 0.221. The molecule has 0 bridgehead atoms. The molecule has 3 rings (SSSR count). The minimum Gasteiger partial charge on any atom is -0.316 e. The number of carbonyl (C=O) groups is 1. The van der Waals surface area contributed by atoms with E-state index in [1.807, 2.05) is 30.3 Å². The van der Waals surface area contributed by atoms with E-state index in [0.717, 1.165) is 10.1 Å². The number of hydrogen-bond donors (Lipinski definition) is 1. The molecule has 0 spiro atoms. The lowest BCUT2D eigenvalue weighted by Crippen LogP contribution is -2.11. The largest absolute Gasteiger partial charge is 0.316 e. The molecule has 7 heteroatoms.